The van der Waals surface area contributed by atoms with Crippen LogP contribution in [0.4, 0.5) is 0 Å². The van der Waals surface area contributed by atoms with E-state index in [0.717, 1.165) is 26.3 Å². The lowest BCUT2D eigenvalue weighted by Crippen LogP contribution is -2.48. The second kappa shape index (κ2) is 8.89. The van der Waals surface area contributed by atoms with Gasteiger partial charge in [-0.1, -0.05) is 20.3 Å². The number of hydrogen-bond donors (Lipinski definition) is 1. The maximum Gasteiger partial charge on any atom is 0.0521 e. The Hall–Kier alpha value is -0.120. The van der Waals surface area contributed by atoms with Crippen molar-refractivity contribution in [3.05, 3.63) is 0 Å². The van der Waals surface area contributed by atoms with Crippen LogP contribution in [0.1, 0.15) is 46.5 Å². The molecule has 1 N–H and O–H groups in total. The van der Waals surface area contributed by atoms with Gasteiger partial charge in [0.25, 0.3) is 0 Å². The summed E-state index contributed by atoms with van der Waals surface area (Å²) in [5.74, 6) is 0.648. The van der Waals surface area contributed by atoms with Crippen molar-refractivity contribution in [1.82, 2.24) is 10.2 Å². The van der Waals surface area contributed by atoms with E-state index in [1.807, 2.05) is 0 Å². The Morgan fingerprint density at radius 3 is 2.78 bits per heavy atom. The highest BCUT2D eigenvalue weighted by Gasteiger charge is 2.27. The second-order valence-electron chi connectivity index (χ2n) is 5.76. The monoisotopic (exact) mass is 256 g/mol. The quantitative estimate of drug-likeness (QED) is 0.722. The molecule has 0 bridgehead atoms. The average Bonchev–Trinajstić information content (AvgIpc) is 2.38. The zero-order valence-corrected chi connectivity index (χ0v) is 12.7. The second-order valence-corrected chi connectivity index (χ2v) is 5.76. The van der Waals surface area contributed by atoms with Gasteiger partial charge in [-0.3, -0.25) is 0 Å². The Morgan fingerprint density at radius 2 is 2.11 bits per heavy atom. The van der Waals surface area contributed by atoms with Crippen molar-refractivity contribution in [2.45, 2.75) is 58.5 Å². The molecule has 18 heavy (non-hydrogen) atoms. The van der Waals surface area contributed by atoms with Crippen LogP contribution in [-0.4, -0.2) is 50.3 Å². The van der Waals surface area contributed by atoms with Crippen molar-refractivity contribution in [2.24, 2.45) is 5.92 Å². The largest absolute Gasteiger partial charge is 0.381 e. The molecular formula is C15H32N2O. The van der Waals surface area contributed by atoms with Gasteiger partial charge in [0.15, 0.2) is 0 Å². The Balaban J connectivity index is 2.40. The van der Waals surface area contributed by atoms with E-state index in [9.17, 15) is 0 Å². The summed E-state index contributed by atoms with van der Waals surface area (Å²) in [6.07, 6.45) is 4.94. The molecule has 1 fully saturated rings. The number of ether oxygens (including phenoxy) is 1. The average molecular weight is 256 g/mol. The molecule has 0 amide bonds. The van der Waals surface area contributed by atoms with Crippen molar-refractivity contribution in [3.63, 3.8) is 0 Å². The Kier molecular flexibility index (Phi) is 7.87. The van der Waals surface area contributed by atoms with Crippen molar-refractivity contribution < 1.29 is 4.74 Å². The molecule has 1 rings (SSSR count). The van der Waals surface area contributed by atoms with Crippen LogP contribution in [0, 0.1) is 5.92 Å². The van der Waals surface area contributed by atoms with Gasteiger partial charge in [-0.2, -0.15) is 0 Å². The van der Waals surface area contributed by atoms with Gasteiger partial charge in [0, 0.05) is 31.2 Å². The molecule has 108 valence electrons. The predicted molar refractivity (Wildman–Crippen MR) is 78.0 cm³/mol. The molecule has 1 aliphatic heterocycles. The van der Waals surface area contributed by atoms with E-state index < -0.39 is 0 Å². The Labute approximate surface area is 113 Å². The van der Waals surface area contributed by atoms with E-state index in [1.165, 1.54) is 25.7 Å². The highest BCUT2D eigenvalue weighted by molar-refractivity contribution is 4.82. The minimum atomic E-state index is 0.648. The van der Waals surface area contributed by atoms with Crippen LogP contribution in [0.25, 0.3) is 0 Å². The van der Waals surface area contributed by atoms with Crippen molar-refractivity contribution in [2.75, 3.05) is 33.4 Å². The van der Waals surface area contributed by atoms with E-state index in [1.54, 1.807) is 0 Å². The number of hydrogen-bond acceptors (Lipinski definition) is 3. The van der Waals surface area contributed by atoms with Gasteiger partial charge in [0.2, 0.25) is 0 Å². The third-order valence-electron chi connectivity index (χ3n) is 4.11. The Morgan fingerprint density at radius 1 is 1.33 bits per heavy atom. The van der Waals surface area contributed by atoms with Gasteiger partial charge in [-0.15, -0.1) is 0 Å². The Bertz CT molecular complexity index is 211. The van der Waals surface area contributed by atoms with Crippen LogP contribution < -0.4 is 5.32 Å². The molecule has 0 saturated carbocycles. The molecular weight excluding hydrogens is 224 g/mol. The third-order valence-corrected chi connectivity index (χ3v) is 4.11. The van der Waals surface area contributed by atoms with Gasteiger partial charge < -0.3 is 15.0 Å². The van der Waals surface area contributed by atoms with Crippen LogP contribution in [0.15, 0.2) is 0 Å². The van der Waals surface area contributed by atoms with Gasteiger partial charge >= 0.3 is 0 Å². The molecule has 1 heterocycles. The first-order valence-electron chi connectivity index (χ1n) is 7.70. The summed E-state index contributed by atoms with van der Waals surface area (Å²) in [7, 11) is 2.26. The molecule has 3 heteroatoms. The summed E-state index contributed by atoms with van der Waals surface area (Å²) < 4.78 is 5.67. The number of nitrogens with one attached hydrogen (secondary N) is 1. The van der Waals surface area contributed by atoms with Crippen molar-refractivity contribution in [1.29, 1.82) is 0 Å². The fourth-order valence-corrected chi connectivity index (χ4v) is 2.76. The van der Waals surface area contributed by atoms with Crippen LogP contribution in [0.2, 0.25) is 0 Å². The molecule has 3 unspecified atom stereocenters. The first-order valence-corrected chi connectivity index (χ1v) is 7.70. The topological polar surface area (TPSA) is 24.5 Å². The molecule has 0 aromatic heterocycles. The van der Waals surface area contributed by atoms with Gasteiger partial charge in [0.05, 0.1) is 6.61 Å². The van der Waals surface area contributed by atoms with Crippen molar-refractivity contribution in [3.8, 4) is 0 Å². The van der Waals surface area contributed by atoms with E-state index in [4.69, 9.17) is 4.74 Å². The summed E-state index contributed by atoms with van der Waals surface area (Å²) >= 11 is 0. The molecule has 0 aromatic carbocycles. The van der Waals surface area contributed by atoms with E-state index >= 15 is 0 Å². The summed E-state index contributed by atoms with van der Waals surface area (Å²) in [5, 5.41) is 3.69. The predicted octanol–water partition coefficient (Wildman–Crippen LogP) is 2.51. The van der Waals surface area contributed by atoms with Gasteiger partial charge in [0.1, 0.15) is 0 Å². The van der Waals surface area contributed by atoms with E-state index in [2.05, 4.69) is 38.0 Å². The third kappa shape index (κ3) is 5.25. The van der Waals surface area contributed by atoms with Gasteiger partial charge in [-0.05, 0) is 39.8 Å². The standard InChI is InChI=1S/C15H32N2O/c1-5-7-13(3)17(4)11-14-12-18-10-8-15(14)16-9-6-2/h13-16H,5-12H2,1-4H3. The summed E-state index contributed by atoms with van der Waals surface area (Å²) in [4.78, 5) is 2.50. The fourth-order valence-electron chi connectivity index (χ4n) is 2.76. The summed E-state index contributed by atoms with van der Waals surface area (Å²) in [6.45, 7) is 11.0. The minimum absolute atomic E-state index is 0.648. The highest BCUT2D eigenvalue weighted by Crippen LogP contribution is 2.17. The first kappa shape index (κ1) is 15.9. The lowest BCUT2D eigenvalue weighted by Gasteiger charge is -2.36. The maximum atomic E-state index is 5.67. The summed E-state index contributed by atoms with van der Waals surface area (Å²) in [5.41, 5.74) is 0. The van der Waals surface area contributed by atoms with Crippen LogP contribution in [0.3, 0.4) is 0 Å². The molecule has 3 atom stereocenters. The first-order chi connectivity index (χ1) is 8.69. The van der Waals surface area contributed by atoms with Crippen molar-refractivity contribution >= 4 is 0 Å². The fraction of sp³-hybridized carbons (Fsp3) is 1.00. The molecule has 0 aromatic rings. The maximum absolute atomic E-state index is 5.67. The smallest absolute Gasteiger partial charge is 0.0521 e. The highest BCUT2D eigenvalue weighted by atomic mass is 16.5. The van der Waals surface area contributed by atoms with Crippen LogP contribution >= 0.6 is 0 Å². The number of nitrogens with zero attached hydrogens (tertiary/aromatic N) is 1. The zero-order valence-electron chi connectivity index (χ0n) is 12.7. The molecule has 0 aliphatic carbocycles. The molecule has 3 nitrogen and oxygen atoms in total. The molecule has 0 spiro atoms. The normalized spacial score (nSPS) is 26.5. The zero-order chi connectivity index (χ0) is 13.4. The van der Waals surface area contributed by atoms with E-state index in [0.29, 0.717) is 18.0 Å². The lowest BCUT2D eigenvalue weighted by atomic mass is 9.94. The molecule has 1 saturated heterocycles. The number of rotatable bonds is 8. The minimum Gasteiger partial charge on any atom is -0.381 e. The van der Waals surface area contributed by atoms with E-state index in [-0.39, 0.29) is 0 Å². The molecule has 0 radical (unpaired) electrons. The SMILES string of the molecule is CCCNC1CCOCC1CN(C)C(C)CCC. The van der Waals surface area contributed by atoms with Gasteiger partial charge in [-0.25, -0.2) is 0 Å². The lowest BCUT2D eigenvalue weighted by molar-refractivity contribution is 0.0151. The van der Waals surface area contributed by atoms with Crippen LogP contribution in [0.5, 0.6) is 0 Å². The summed E-state index contributed by atoms with van der Waals surface area (Å²) in [6, 6.07) is 1.33. The molecule has 1 aliphatic rings. The van der Waals surface area contributed by atoms with Crippen LogP contribution in [-0.2, 0) is 4.74 Å².